The van der Waals surface area contributed by atoms with Crippen molar-refractivity contribution in [3.8, 4) is 5.75 Å². The predicted molar refractivity (Wildman–Crippen MR) is 75.0 cm³/mol. The Hall–Kier alpha value is -2.83. The van der Waals surface area contributed by atoms with Crippen LogP contribution in [0.15, 0.2) is 36.9 Å². The molecule has 0 spiro atoms. The molecule has 0 atom stereocenters. The van der Waals surface area contributed by atoms with Crippen LogP contribution in [0, 0.1) is 0 Å². The van der Waals surface area contributed by atoms with Gasteiger partial charge in [-0.05, 0) is 24.3 Å². The van der Waals surface area contributed by atoms with Gasteiger partial charge in [-0.25, -0.2) is 9.59 Å². The molecule has 0 aliphatic heterocycles. The molecule has 3 amide bonds. The van der Waals surface area contributed by atoms with Gasteiger partial charge in [0.1, 0.15) is 5.75 Å². The van der Waals surface area contributed by atoms with Gasteiger partial charge in [-0.2, -0.15) is 0 Å². The van der Waals surface area contributed by atoms with Gasteiger partial charge in [-0.3, -0.25) is 10.1 Å². The number of carbonyl (C=O) groups is 3. The maximum absolute atomic E-state index is 11.6. The molecule has 0 saturated carbocycles. The van der Waals surface area contributed by atoms with Crippen molar-refractivity contribution >= 4 is 17.9 Å². The van der Waals surface area contributed by atoms with E-state index in [1.165, 1.54) is 25.3 Å². The van der Waals surface area contributed by atoms with Crippen LogP contribution in [0.3, 0.4) is 0 Å². The largest absolute Gasteiger partial charge is 0.497 e. The summed E-state index contributed by atoms with van der Waals surface area (Å²) in [4.78, 5) is 34.2. The fourth-order valence-electron chi connectivity index (χ4n) is 1.31. The van der Waals surface area contributed by atoms with Crippen molar-refractivity contribution in [2.24, 2.45) is 0 Å². The lowest BCUT2D eigenvalue weighted by atomic mass is 10.2. The number of hydrogen-bond acceptors (Lipinski definition) is 5. The Morgan fingerprint density at radius 3 is 2.48 bits per heavy atom. The molecule has 112 valence electrons. The highest BCUT2D eigenvalue weighted by Crippen LogP contribution is 2.11. The lowest BCUT2D eigenvalue weighted by Gasteiger charge is -2.06. The minimum absolute atomic E-state index is 0.227. The van der Waals surface area contributed by atoms with E-state index in [1.54, 1.807) is 12.1 Å². The Balaban J connectivity index is 2.39. The van der Waals surface area contributed by atoms with Crippen molar-refractivity contribution in [2.45, 2.75) is 0 Å². The van der Waals surface area contributed by atoms with Gasteiger partial charge in [-0.15, -0.1) is 6.58 Å². The number of ether oxygens (including phenoxy) is 2. The van der Waals surface area contributed by atoms with Crippen LogP contribution in [-0.2, 0) is 9.53 Å². The molecule has 0 aliphatic rings. The molecule has 1 rings (SSSR count). The standard InChI is InChI=1S/C14H16N2O5/c1-3-8-15-14(19)16-12(17)9-21-13(18)10-4-6-11(20-2)7-5-10/h3-7H,1,8-9H2,2H3,(H2,15,16,17,19). The fourth-order valence-corrected chi connectivity index (χ4v) is 1.31. The van der Waals surface area contributed by atoms with E-state index >= 15 is 0 Å². The normalized spacial score (nSPS) is 9.38. The number of urea groups is 1. The van der Waals surface area contributed by atoms with Gasteiger partial charge < -0.3 is 14.8 Å². The molecule has 1 aromatic rings. The SMILES string of the molecule is C=CCNC(=O)NC(=O)COC(=O)c1ccc(OC)cc1. The number of hydrogen-bond donors (Lipinski definition) is 2. The summed E-state index contributed by atoms with van der Waals surface area (Å²) >= 11 is 0. The van der Waals surface area contributed by atoms with Crippen molar-refractivity contribution in [3.05, 3.63) is 42.5 Å². The zero-order valence-electron chi connectivity index (χ0n) is 11.5. The number of benzene rings is 1. The smallest absolute Gasteiger partial charge is 0.338 e. The second-order valence-corrected chi connectivity index (χ2v) is 3.85. The molecule has 0 aliphatic carbocycles. The third kappa shape index (κ3) is 5.77. The first-order valence-electron chi connectivity index (χ1n) is 6.06. The zero-order valence-corrected chi connectivity index (χ0v) is 11.5. The average molecular weight is 292 g/mol. The van der Waals surface area contributed by atoms with Gasteiger partial charge in [0, 0.05) is 6.54 Å². The Kier molecular flexibility index (Phi) is 6.46. The van der Waals surface area contributed by atoms with Gasteiger partial charge in [-0.1, -0.05) is 6.08 Å². The monoisotopic (exact) mass is 292 g/mol. The number of carbonyl (C=O) groups excluding carboxylic acids is 3. The minimum atomic E-state index is -0.724. The molecular weight excluding hydrogens is 276 g/mol. The summed E-state index contributed by atoms with van der Waals surface area (Å²) in [7, 11) is 1.51. The summed E-state index contributed by atoms with van der Waals surface area (Å²) in [6.45, 7) is 3.09. The molecule has 0 fully saturated rings. The van der Waals surface area contributed by atoms with Crippen LogP contribution >= 0.6 is 0 Å². The Labute approximate surface area is 121 Å². The topological polar surface area (TPSA) is 93.7 Å². The van der Waals surface area contributed by atoms with Crippen molar-refractivity contribution in [3.63, 3.8) is 0 Å². The summed E-state index contributed by atoms with van der Waals surface area (Å²) in [5.74, 6) is -0.791. The van der Waals surface area contributed by atoms with E-state index in [2.05, 4.69) is 11.9 Å². The van der Waals surface area contributed by atoms with Crippen LogP contribution in [-0.4, -0.2) is 38.2 Å². The van der Waals surface area contributed by atoms with E-state index in [1.807, 2.05) is 5.32 Å². The van der Waals surface area contributed by atoms with Crippen LogP contribution in [0.1, 0.15) is 10.4 Å². The molecule has 21 heavy (non-hydrogen) atoms. The highest BCUT2D eigenvalue weighted by molar-refractivity contribution is 5.97. The van der Waals surface area contributed by atoms with E-state index in [-0.39, 0.29) is 12.1 Å². The van der Waals surface area contributed by atoms with Gasteiger partial charge in [0.2, 0.25) is 0 Å². The predicted octanol–water partition coefficient (Wildman–Crippen LogP) is 0.864. The molecule has 0 bridgehead atoms. The number of esters is 1. The Morgan fingerprint density at radius 1 is 1.24 bits per heavy atom. The summed E-state index contributed by atoms with van der Waals surface area (Å²) in [5, 5.41) is 4.36. The Bertz CT molecular complexity index is 525. The van der Waals surface area contributed by atoms with Crippen molar-refractivity contribution in [1.29, 1.82) is 0 Å². The first-order valence-corrected chi connectivity index (χ1v) is 6.06. The van der Waals surface area contributed by atoms with E-state index in [0.717, 1.165) is 0 Å². The van der Waals surface area contributed by atoms with E-state index in [0.29, 0.717) is 5.75 Å². The van der Waals surface area contributed by atoms with Gasteiger partial charge in [0.15, 0.2) is 6.61 Å². The number of nitrogens with one attached hydrogen (secondary N) is 2. The Morgan fingerprint density at radius 2 is 1.90 bits per heavy atom. The maximum atomic E-state index is 11.6. The molecule has 1 aromatic carbocycles. The molecule has 2 N–H and O–H groups in total. The molecule has 7 heteroatoms. The fraction of sp³-hybridized carbons (Fsp3) is 0.214. The first-order chi connectivity index (χ1) is 10.1. The average Bonchev–Trinajstić information content (AvgIpc) is 2.50. The lowest BCUT2D eigenvalue weighted by Crippen LogP contribution is -2.41. The van der Waals surface area contributed by atoms with Crippen molar-refractivity contribution in [1.82, 2.24) is 10.6 Å². The molecule has 0 radical (unpaired) electrons. The molecule has 0 heterocycles. The second kappa shape index (κ2) is 8.36. The van der Waals surface area contributed by atoms with Gasteiger partial charge in [0.05, 0.1) is 12.7 Å². The molecule has 0 saturated heterocycles. The van der Waals surface area contributed by atoms with Crippen LogP contribution in [0.2, 0.25) is 0 Å². The van der Waals surface area contributed by atoms with Crippen LogP contribution in [0.5, 0.6) is 5.75 Å². The van der Waals surface area contributed by atoms with E-state index < -0.39 is 24.5 Å². The van der Waals surface area contributed by atoms with Crippen molar-refractivity contribution in [2.75, 3.05) is 20.3 Å². The number of imide groups is 1. The summed E-state index contributed by atoms with van der Waals surface area (Å²) in [6, 6.07) is 5.53. The highest BCUT2D eigenvalue weighted by Gasteiger charge is 2.12. The minimum Gasteiger partial charge on any atom is -0.497 e. The molecule has 0 aromatic heterocycles. The van der Waals surface area contributed by atoms with Gasteiger partial charge >= 0.3 is 12.0 Å². The van der Waals surface area contributed by atoms with Crippen LogP contribution in [0.4, 0.5) is 4.79 Å². The second-order valence-electron chi connectivity index (χ2n) is 3.85. The van der Waals surface area contributed by atoms with E-state index in [9.17, 15) is 14.4 Å². The van der Waals surface area contributed by atoms with E-state index in [4.69, 9.17) is 9.47 Å². The van der Waals surface area contributed by atoms with Crippen LogP contribution < -0.4 is 15.4 Å². The highest BCUT2D eigenvalue weighted by atomic mass is 16.5. The maximum Gasteiger partial charge on any atom is 0.338 e. The third-order valence-corrected chi connectivity index (χ3v) is 2.32. The summed E-state index contributed by atoms with van der Waals surface area (Å²) in [5.41, 5.74) is 0.278. The third-order valence-electron chi connectivity index (χ3n) is 2.32. The first kappa shape index (κ1) is 16.2. The molecule has 7 nitrogen and oxygen atoms in total. The number of methoxy groups -OCH3 is 1. The zero-order chi connectivity index (χ0) is 15.7. The van der Waals surface area contributed by atoms with Gasteiger partial charge in [0.25, 0.3) is 5.91 Å². The number of rotatable bonds is 6. The number of amides is 3. The molecular formula is C14H16N2O5. The lowest BCUT2D eigenvalue weighted by molar-refractivity contribution is -0.123. The van der Waals surface area contributed by atoms with Crippen LogP contribution in [0.25, 0.3) is 0 Å². The quantitative estimate of drug-likeness (QED) is 0.599. The van der Waals surface area contributed by atoms with Crippen molar-refractivity contribution < 1.29 is 23.9 Å². The molecule has 0 unspecified atom stereocenters. The summed E-state index contributed by atoms with van der Waals surface area (Å²) < 4.78 is 9.73. The summed E-state index contributed by atoms with van der Waals surface area (Å²) in [6.07, 6.45) is 1.47.